The summed E-state index contributed by atoms with van der Waals surface area (Å²) >= 11 is 5.87. The fourth-order valence-electron chi connectivity index (χ4n) is 1.58. The molecule has 4 heteroatoms. The summed E-state index contributed by atoms with van der Waals surface area (Å²) in [6.45, 7) is 5.53. The summed E-state index contributed by atoms with van der Waals surface area (Å²) in [6, 6.07) is 3.92. The van der Waals surface area contributed by atoms with Crippen molar-refractivity contribution in [3.05, 3.63) is 34.3 Å². The van der Waals surface area contributed by atoms with E-state index in [9.17, 15) is 13.2 Å². The van der Waals surface area contributed by atoms with E-state index in [4.69, 9.17) is 11.6 Å². The van der Waals surface area contributed by atoms with Crippen LogP contribution < -0.4 is 0 Å². The number of hydrogen-bond acceptors (Lipinski definition) is 0. The van der Waals surface area contributed by atoms with Crippen LogP contribution in [-0.2, 0) is 6.18 Å². The number of halogens is 4. The third-order valence-electron chi connectivity index (χ3n) is 2.81. The van der Waals surface area contributed by atoms with E-state index >= 15 is 0 Å². The zero-order valence-electron chi connectivity index (χ0n) is 9.40. The van der Waals surface area contributed by atoms with Gasteiger partial charge in [0.2, 0.25) is 0 Å². The van der Waals surface area contributed by atoms with E-state index in [1.54, 1.807) is 6.92 Å². The molecule has 16 heavy (non-hydrogen) atoms. The van der Waals surface area contributed by atoms with Crippen LogP contribution in [0.25, 0.3) is 0 Å². The highest BCUT2D eigenvalue weighted by molar-refractivity contribution is 6.31. The minimum atomic E-state index is -4.34. The maximum Gasteiger partial charge on any atom is 0.416 e. The molecule has 0 bridgehead atoms. The second-order valence-electron chi connectivity index (χ2n) is 4.23. The molecule has 0 nitrogen and oxygen atoms in total. The molecule has 0 unspecified atom stereocenters. The predicted molar refractivity (Wildman–Crippen MR) is 59.7 cm³/mol. The maximum absolute atomic E-state index is 12.8. The largest absolute Gasteiger partial charge is 0.416 e. The molecule has 0 amide bonds. The summed E-state index contributed by atoms with van der Waals surface area (Å²) in [6.07, 6.45) is -4.34. The van der Waals surface area contributed by atoms with Gasteiger partial charge in [0.05, 0.1) is 5.56 Å². The Balaban J connectivity index is 3.35. The second-order valence-corrected chi connectivity index (χ2v) is 4.64. The smallest absolute Gasteiger partial charge is 0.166 e. The molecule has 0 aromatic heterocycles. The van der Waals surface area contributed by atoms with E-state index in [0.29, 0.717) is 0 Å². The van der Waals surface area contributed by atoms with Gasteiger partial charge in [0.25, 0.3) is 0 Å². The van der Waals surface area contributed by atoms with Gasteiger partial charge >= 0.3 is 6.18 Å². The first-order chi connectivity index (χ1) is 7.25. The van der Waals surface area contributed by atoms with Gasteiger partial charge in [0.15, 0.2) is 0 Å². The number of hydrogen-bond donors (Lipinski definition) is 0. The average molecular weight is 251 g/mol. The van der Waals surface area contributed by atoms with Crippen LogP contribution in [0.4, 0.5) is 13.2 Å². The van der Waals surface area contributed by atoms with Crippen LogP contribution >= 0.6 is 11.6 Å². The molecule has 1 aromatic carbocycles. The van der Waals surface area contributed by atoms with Crippen LogP contribution in [0.5, 0.6) is 0 Å². The molecule has 0 aliphatic heterocycles. The van der Waals surface area contributed by atoms with E-state index in [2.05, 4.69) is 0 Å². The first kappa shape index (κ1) is 13.4. The topological polar surface area (TPSA) is 0 Å². The van der Waals surface area contributed by atoms with Crippen molar-refractivity contribution in [3.63, 3.8) is 0 Å². The van der Waals surface area contributed by atoms with Crippen molar-refractivity contribution >= 4 is 11.6 Å². The highest BCUT2D eigenvalue weighted by Crippen LogP contribution is 2.40. The minimum Gasteiger partial charge on any atom is -0.166 e. The van der Waals surface area contributed by atoms with Crippen molar-refractivity contribution < 1.29 is 13.2 Å². The zero-order valence-corrected chi connectivity index (χ0v) is 10.2. The molecule has 0 fully saturated rings. The van der Waals surface area contributed by atoms with Crippen LogP contribution in [0.15, 0.2) is 18.2 Å². The van der Waals surface area contributed by atoms with Gasteiger partial charge in [-0.05, 0) is 29.5 Å². The highest BCUT2D eigenvalue weighted by atomic mass is 35.5. The Bertz CT molecular complexity index is 369. The SMILES string of the molecule is CC(C)[C@@H](C)c1c(Cl)cccc1C(F)(F)F. The predicted octanol–water partition coefficient (Wildman–Crippen LogP) is 5.12. The van der Waals surface area contributed by atoms with Gasteiger partial charge in [-0.3, -0.25) is 0 Å². The highest BCUT2D eigenvalue weighted by Gasteiger charge is 2.35. The molecule has 0 saturated heterocycles. The summed E-state index contributed by atoms with van der Waals surface area (Å²) < 4.78 is 38.4. The molecule has 1 aromatic rings. The van der Waals surface area contributed by atoms with Crippen molar-refractivity contribution in [2.45, 2.75) is 32.9 Å². The van der Waals surface area contributed by atoms with Crippen molar-refractivity contribution in [3.8, 4) is 0 Å². The third kappa shape index (κ3) is 2.70. The summed E-state index contributed by atoms with van der Waals surface area (Å²) in [5.74, 6) is -0.105. The number of benzene rings is 1. The Morgan fingerprint density at radius 1 is 1.12 bits per heavy atom. The van der Waals surface area contributed by atoms with E-state index in [1.807, 2.05) is 13.8 Å². The van der Waals surface area contributed by atoms with Crippen LogP contribution in [0.1, 0.15) is 37.8 Å². The zero-order chi connectivity index (χ0) is 12.5. The molecule has 1 rings (SSSR count). The molecule has 0 aliphatic rings. The number of alkyl halides is 3. The third-order valence-corrected chi connectivity index (χ3v) is 3.14. The quantitative estimate of drug-likeness (QED) is 0.684. The Morgan fingerprint density at radius 3 is 2.12 bits per heavy atom. The molecule has 0 aliphatic carbocycles. The van der Waals surface area contributed by atoms with E-state index in [-0.39, 0.29) is 22.4 Å². The van der Waals surface area contributed by atoms with Gasteiger partial charge in [-0.25, -0.2) is 0 Å². The summed E-state index contributed by atoms with van der Waals surface area (Å²) in [5.41, 5.74) is -0.423. The van der Waals surface area contributed by atoms with Crippen molar-refractivity contribution in [2.75, 3.05) is 0 Å². The lowest BCUT2D eigenvalue weighted by Gasteiger charge is -2.22. The Hall–Kier alpha value is -0.700. The van der Waals surface area contributed by atoms with Crippen LogP contribution in [-0.4, -0.2) is 0 Å². The Labute approximate surface area is 98.4 Å². The van der Waals surface area contributed by atoms with E-state index in [1.165, 1.54) is 12.1 Å². The van der Waals surface area contributed by atoms with Crippen LogP contribution in [0.2, 0.25) is 5.02 Å². The number of rotatable bonds is 2. The lowest BCUT2D eigenvalue weighted by molar-refractivity contribution is -0.138. The second kappa shape index (κ2) is 4.66. The van der Waals surface area contributed by atoms with Gasteiger partial charge in [0.1, 0.15) is 0 Å². The fraction of sp³-hybridized carbons (Fsp3) is 0.500. The van der Waals surface area contributed by atoms with E-state index < -0.39 is 11.7 Å². The van der Waals surface area contributed by atoms with E-state index in [0.717, 1.165) is 6.07 Å². The molecule has 0 saturated carbocycles. The summed E-state index contributed by atoms with van der Waals surface area (Å²) in [7, 11) is 0. The maximum atomic E-state index is 12.8. The molecular weight excluding hydrogens is 237 g/mol. The molecule has 1 atom stereocenters. The van der Waals surface area contributed by atoms with Gasteiger partial charge in [-0.1, -0.05) is 38.4 Å². The summed E-state index contributed by atoms with van der Waals surface area (Å²) in [5, 5.41) is 0.191. The minimum absolute atomic E-state index is 0.112. The van der Waals surface area contributed by atoms with Gasteiger partial charge in [0, 0.05) is 5.02 Å². The molecule has 90 valence electrons. The summed E-state index contributed by atoms with van der Waals surface area (Å²) in [4.78, 5) is 0. The monoisotopic (exact) mass is 250 g/mol. The normalized spacial score (nSPS) is 14.2. The van der Waals surface area contributed by atoms with Gasteiger partial charge in [-0.2, -0.15) is 13.2 Å². The molecule has 0 heterocycles. The molecule has 0 spiro atoms. The van der Waals surface area contributed by atoms with Gasteiger partial charge in [-0.15, -0.1) is 0 Å². The Morgan fingerprint density at radius 2 is 1.69 bits per heavy atom. The lowest BCUT2D eigenvalue weighted by Crippen LogP contribution is -2.14. The molecule has 0 N–H and O–H groups in total. The standard InChI is InChI=1S/C12H14ClF3/c1-7(2)8(3)11-9(12(14,15)16)5-4-6-10(11)13/h4-8H,1-3H3/t8-/m1/s1. The van der Waals surface area contributed by atoms with Crippen LogP contribution in [0, 0.1) is 5.92 Å². The first-order valence-electron chi connectivity index (χ1n) is 5.10. The van der Waals surface area contributed by atoms with Crippen molar-refractivity contribution in [1.29, 1.82) is 0 Å². The van der Waals surface area contributed by atoms with Crippen molar-refractivity contribution in [1.82, 2.24) is 0 Å². The molecular formula is C12H14ClF3. The first-order valence-corrected chi connectivity index (χ1v) is 5.48. The molecule has 0 radical (unpaired) electrons. The fourth-order valence-corrected chi connectivity index (χ4v) is 1.93. The van der Waals surface area contributed by atoms with Gasteiger partial charge < -0.3 is 0 Å². The van der Waals surface area contributed by atoms with Crippen molar-refractivity contribution in [2.24, 2.45) is 5.92 Å². The van der Waals surface area contributed by atoms with Crippen LogP contribution in [0.3, 0.4) is 0 Å². The lowest BCUT2D eigenvalue weighted by atomic mass is 9.87. The average Bonchev–Trinajstić information content (AvgIpc) is 2.14. The Kier molecular flexibility index (Phi) is 3.89.